The van der Waals surface area contributed by atoms with E-state index < -0.39 is 5.54 Å². The number of hydrogen-bond acceptors (Lipinski definition) is 4. The molecule has 1 unspecified atom stereocenters. The molecule has 1 aliphatic heterocycles. The van der Waals surface area contributed by atoms with Gasteiger partial charge in [-0.25, -0.2) is 0 Å². The van der Waals surface area contributed by atoms with E-state index in [1.807, 2.05) is 6.92 Å². The zero-order chi connectivity index (χ0) is 11.3. The largest absolute Gasteiger partial charge is 0.379 e. The maximum atomic E-state index is 11.4. The molecule has 88 valence electrons. The Kier molecular flexibility index (Phi) is 4.89. The van der Waals surface area contributed by atoms with Gasteiger partial charge in [0.05, 0.1) is 18.5 Å². The molecule has 0 bridgehead atoms. The first-order valence-electron chi connectivity index (χ1n) is 5.33. The van der Waals surface area contributed by atoms with E-state index in [1.54, 1.807) is 11.8 Å². The van der Waals surface area contributed by atoms with Crippen LogP contribution in [0.1, 0.15) is 20.3 Å². The molecular weight excluding hydrogens is 212 g/mol. The average molecular weight is 232 g/mol. The Labute approximate surface area is 95.3 Å². The normalized spacial score (nSPS) is 20.7. The SMILES string of the molecule is CCCNC(C)(CSC1COC1)C(N)=O. The Bertz CT molecular complexity index is 221. The highest BCUT2D eigenvalue weighted by molar-refractivity contribution is 8.00. The van der Waals surface area contributed by atoms with Crippen LogP contribution in [0.25, 0.3) is 0 Å². The van der Waals surface area contributed by atoms with Crippen LogP contribution in [-0.4, -0.2) is 42.2 Å². The lowest BCUT2D eigenvalue weighted by molar-refractivity contribution is -0.123. The standard InChI is InChI=1S/C10H20N2O2S/c1-3-4-12-10(2,9(11)13)7-15-8-5-14-6-8/h8,12H,3-7H2,1-2H3,(H2,11,13). The highest BCUT2D eigenvalue weighted by atomic mass is 32.2. The molecule has 5 heteroatoms. The topological polar surface area (TPSA) is 64.3 Å². The zero-order valence-electron chi connectivity index (χ0n) is 9.41. The van der Waals surface area contributed by atoms with Gasteiger partial charge in [0.2, 0.25) is 5.91 Å². The summed E-state index contributed by atoms with van der Waals surface area (Å²) in [5, 5.41) is 3.75. The van der Waals surface area contributed by atoms with Crippen LogP contribution in [0.5, 0.6) is 0 Å². The molecule has 0 aromatic heterocycles. The molecular formula is C10H20N2O2S. The molecule has 1 heterocycles. The maximum absolute atomic E-state index is 11.4. The van der Waals surface area contributed by atoms with Gasteiger partial charge in [-0.1, -0.05) is 6.92 Å². The second-order valence-electron chi connectivity index (χ2n) is 4.09. The second-order valence-corrected chi connectivity index (χ2v) is 5.38. The number of ether oxygens (including phenoxy) is 1. The van der Waals surface area contributed by atoms with Crippen molar-refractivity contribution in [1.82, 2.24) is 5.32 Å². The summed E-state index contributed by atoms with van der Waals surface area (Å²) < 4.78 is 5.08. The number of primary amides is 1. The maximum Gasteiger partial charge on any atom is 0.238 e. The van der Waals surface area contributed by atoms with Crippen molar-refractivity contribution in [2.45, 2.75) is 31.1 Å². The molecule has 1 atom stereocenters. The monoisotopic (exact) mass is 232 g/mol. The van der Waals surface area contributed by atoms with Gasteiger partial charge >= 0.3 is 0 Å². The van der Waals surface area contributed by atoms with Gasteiger partial charge in [0.25, 0.3) is 0 Å². The molecule has 1 aliphatic rings. The molecule has 0 saturated carbocycles. The van der Waals surface area contributed by atoms with Gasteiger partial charge < -0.3 is 15.8 Å². The number of carbonyl (C=O) groups excluding carboxylic acids is 1. The van der Waals surface area contributed by atoms with Gasteiger partial charge in [-0.15, -0.1) is 0 Å². The summed E-state index contributed by atoms with van der Waals surface area (Å²) in [4.78, 5) is 11.4. The number of nitrogens with one attached hydrogen (secondary N) is 1. The molecule has 15 heavy (non-hydrogen) atoms. The van der Waals surface area contributed by atoms with Gasteiger partial charge in [-0.2, -0.15) is 11.8 Å². The first-order valence-corrected chi connectivity index (χ1v) is 6.37. The van der Waals surface area contributed by atoms with E-state index in [4.69, 9.17) is 10.5 Å². The minimum Gasteiger partial charge on any atom is -0.379 e. The molecule has 0 aliphatic carbocycles. The van der Waals surface area contributed by atoms with Crippen LogP contribution in [0.15, 0.2) is 0 Å². The van der Waals surface area contributed by atoms with Crippen molar-refractivity contribution in [1.29, 1.82) is 0 Å². The third-order valence-electron chi connectivity index (χ3n) is 2.52. The van der Waals surface area contributed by atoms with E-state index >= 15 is 0 Å². The van der Waals surface area contributed by atoms with Gasteiger partial charge in [-0.05, 0) is 19.9 Å². The first-order chi connectivity index (χ1) is 7.08. The summed E-state index contributed by atoms with van der Waals surface area (Å²) in [7, 11) is 0. The van der Waals surface area contributed by atoms with Gasteiger partial charge in [0, 0.05) is 5.75 Å². The quantitative estimate of drug-likeness (QED) is 0.665. The van der Waals surface area contributed by atoms with E-state index in [0.717, 1.165) is 31.9 Å². The van der Waals surface area contributed by atoms with Crippen LogP contribution in [-0.2, 0) is 9.53 Å². The average Bonchev–Trinajstić information content (AvgIpc) is 2.12. The summed E-state index contributed by atoms with van der Waals surface area (Å²) in [6.45, 7) is 6.36. The van der Waals surface area contributed by atoms with Crippen molar-refractivity contribution in [3.05, 3.63) is 0 Å². The van der Waals surface area contributed by atoms with E-state index in [0.29, 0.717) is 5.25 Å². The van der Waals surface area contributed by atoms with Crippen LogP contribution in [0.4, 0.5) is 0 Å². The van der Waals surface area contributed by atoms with Crippen molar-refractivity contribution in [3.8, 4) is 0 Å². The van der Waals surface area contributed by atoms with E-state index in [1.165, 1.54) is 0 Å². The second kappa shape index (κ2) is 5.72. The number of hydrogen-bond donors (Lipinski definition) is 2. The Hall–Kier alpha value is -0.260. The minimum absolute atomic E-state index is 0.274. The molecule has 0 spiro atoms. The molecule has 0 aromatic rings. The van der Waals surface area contributed by atoms with Crippen LogP contribution in [0.3, 0.4) is 0 Å². The van der Waals surface area contributed by atoms with Crippen molar-refractivity contribution in [3.63, 3.8) is 0 Å². The third kappa shape index (κ3) is 3.66. The van der Waals surface area contributed by atoms with E-state index in [2.05, 4.69) is 12.2 Å². The lowest BCUT2D eigenvalue weighted by Gasteiger charge is -2.31. The summed E-state index contributed by atoms with van der Waals surface area (Å²) in [5.41, 5.74) is 4.82. The lowest BCUT2D eigenvalue weighted by atomic mass is 10.0. The van der Waals surface area contributed by atoms with E-state index in [-0.39, 0.29) is 5.91 Å². The van der Waals surface area contributed by atoms with Crippen molar-refractivity contribution in [2.75, 3.05) is 25.5 Å². The van der Waals surface area contributed by atoms with Crippen LogP contribution in [0.2, 0.25) is 0 Å². The zero-order valence-corrected chi connectivity index (χ0v) is 10.2. The van der Waals surface area contributed by atoms with Gasteiger partial charge in [0.15, 0.2) is 0 Å². The van der Waals surface area contributed by atoms with Gasteiger partial charge in [-0.3, -0.25) is 4.79 Å². The molecule has 4 nitrogen and oxygen atoms in total. The van der Waals surface area contributed by atoms with Crippen LogP contribution < -0.4 is 11.1 Å². The molecule has 3 N–H and O–H groups in total. The molecule has 1 saturated heterocycles. The van der Waals surface area contributed by atoms with Crippen LogP contribution >= 0.6 is 11.8 Å². The number of amides is 1. The third-order valence-corrected chi connectivity index (χ3v) is 4.01. The highest BCUT2D eigenvalue weighted by Gasteiger charge is 2.32. The lowest BCUT2D eigenvalue weighted by Crippen LogP contribution is -2.56. The Morgan fingerprint density at radius 3 is 2.73 bits per heavy atom. The Balaban J connectivity index is 2.36. The Morgan fingerprint density at radius 2 is 2.33 bits per heavy atom. The number of thioether (sulfide) groups is 1. The fraction of sp³-hybridized carbons (Fsp3) is 0.900. The number of carbonyl (C=O) groups is 1. The highest BCUT2D eigenvalue weighted by Crippen LogP contribution is 2.23. The summed E-state index contributed by atoms with van der Waals surface area (Å²) in [6.07, 6.45) is 1.00. The van der Waals surface area contributed by atoms with Gasteiger partial charge in [0.1, 0.15) is 5.54 Å². The summed E-state index contributed by atoms with van der Waals surface area (Å²) >= 11 is 1.76. The number of rotatable bonds is 7. The molecule has 0 radical (unpaired) electrons. The smallest absolute Gasteiger partial charge is 0.238 e. The summed E-state index contributed by atoms with van der Waals surface area (Å²) in [6, 6.07) is 0. The Morgan fingerprint density at radius 1 is 1.67 bits per heavy atom. The van der Waals surface area contributed by atoms with Crippen molar-refractivity contribution >= 4 is 17.7 Å². The molecule has 1 fully saturated rings. The predicted molar refractivity (Wildman–Crippen MR) is 63.0 cm³/mol. The summed E-state index contributed by atoms with van der Waals surface area (Å²) in [5.74, 6) is 0.444. The number of nitrogens with two attached hydrogens (primary N) is 1. The molecule has 1 rings (SSSR count). The minimum atomic E-state index is -0.587. The predicted octanol–water partition coefficient (Wildman–Crippen LogP) is 0.362. The van der Waals surface area contributed by atoms with E-state index in [9.17, 15) is 4.79 Å². The first kappa shape index (κ1) is 12.8. The van der Waals surface area contributed by atoms with Crippen molar-refractivity contribution < 1.29 is 9.53 Å². The molecule has 0 aromatic carbocycles. The fourth-order valence-electron chi connectivity index (χ4n) is 1.20. The molecule has 1 amide bonds. The van der Waals surface area contributed by atoms with Crippen molar-refractivity contribution in [2.24, 2.45) is 5.73 Å². The fourth-order valence-corrected chi connectivity index (χ4v) is 2.40. The van der Waals surface area contributed by atoms with Crippen LogP contribution in [0, 0.1) is 0 Å².